The summed E-state index contributed by atoms with van der Waals surface area (Å²) in [6.07, 6.45) is -2.36. The second-order valence-electron chi connectivity index (χ2n) is 3.14. The second kappa shape index (κ2) is 3.62. The lowest BCUT2D eigenvalue weighted by Crippen LogP contribution is -2.42. The summed E-state index contributed by atoms with van der Waals surface area (Å²) in [7, 11) is 1.08. The minimum Gasteiger partial charge on any atom is -0.313 e. The molecule has 0 aromatic rings. The van der Waals surface area contributed by atoms with Gasteiger partial charge in [0, 0.05) is 12.6 Å². The average molecular weight is 182 g/mol. The van der Waals surface area contributed by atoms with Gasteiger partial charge >= 0.3 is 6.30 Å². The second-order valence-corrected chi connectivity index (χ2v) is 3.14. The van der Waals surface area contributed by atoms with Crippen molar-refractivity contribution in [3.05, 3.63) is 0 Å². The van der Waals surface area contributed by atoms with Gasteiger partial charge < -0.3 is 5.32 Å². The van der Waals surface area contributed by atoms with Crippen molar-refractivity contribution >= 4 is 0 Å². The predicted molar refractivity (Wildman–Crippen MR) is 39.7 cm³/mol. The van der Waals surface area contributed by atoms with Crippen molar-refractivity contribution < 1.29 is 13.2 Å². The SMILES string of the molecule is CN(CC1CCCN1)C(F)(F)F. The first-order chi connectivity index (χ1) is 5.50. The van der Waals surface area contributed by atoms with Gasteiger partial charge in [-0.3, -0.25) is 0 Å². The van der Waals surface area contributed by atoms with Crippen molar-refractivity contribution in [2.24, 2.45) is 0 Å². The summed E-state index contributed by atoms with van der Waals surface area (Å²) in [5.41, 5.74) is 0. The molecule has 2 nitrogen and oxygen atoms in total. The van der Waals surface area contributed by atoms with Gasteiger partial charge in [-0.25, -0.2) is 4.90 Å². The monoisotopic (exact) mass is 182 g/mol. The van der Waals surface area contributed by atoms with Gasteiger partial charge in [0.15, 0.2) is 0 Å². The predicted octanol–water partition coefficient (Wildman–Crippen LogP) is 1.19. The number of alkyl halides is 3. The molecule has 0 aromatic heterocycles. The molecule has 1 aliphatic rings. The Bertz CT molecular complexity index is 140. The van der Waals surface area contributed by atoms with E-state index < -0.39 is 6.30 Å². The molecule has 0 radical (unpaired) electrons. The third-order valence-electron chi connectivity index (χ3n) is 2.09. The van der Waals surface area contributed by atoms with Crippen LogP contribution in [-0.4, -0.2) is 37.4 Å². The summed E-state index contributed by atoms with van der Waals surface area (Å²) >= 11 is 0. The van der Waals surface area contributed by atoms with Gasteiger partial charge in [0.25, 0.3) is 0 Å². The van der Waals surface area contributed by atoms with E-state index in [9.17, 15) is 13.2 Å². The highest BCUT2D eigenvalue weighted by Gasteiger charge is 2.35. The maximum Gasteiger partial charge on any atom is 0.459 e. The van der Waals surface area contributed by atoms with Crippen molar-refractivity contribution in [2.45, 2.75) is 25.2 Å². The molecule has 1 aliphatic heterocycles. The molecule has 1 atom stereocenters. The molecule has 1 fully saturated rings. The summed E-state index contributed by atoms with van der Waals surface area (Å²) in [4.78, 5) is 0.427. The van der Waals surface area contributed by atoms with E-state index >= 15 is 0 Å². The van der Waals surface area contributed by atoms with Crippen LogP contribution in [0.2, 0.25) is 0 Å². The zero-order valence-electron chi connectivity index (χ0n) is 6.99. The minimum atomic E-state index is -4.19. The summed E-state index contributed by atoms with van der Waals surface area (Å²) in [6, 6.07) is 0.0108. The van der Waals surface area contributed by atoms with Crippen LogP contribution in [0.4, 0.5) is 13.2 Å². The molecule has 72 valence electrons. The van der Waals surface area contributed by atoms with E-state index in [1.54, 1.807) is 0 Å². The zero-order valence-corrected chi connectivity index (χ0v) is 6.99. The molecule has 5 heteroatoms. The highest BCUT2D eigenvalue weighted by molar-refractivity contribution is 4.77. The van der Waals surface area contributed by atoms with Crippen molar-refractivity contribution in [3.8, 4) is 0 Å². The quantitative estimate of drug-likeness (QED) is 0.645. The van der Waals surface area contributed by atoms with E-state index in [0.29, 0.717) is 4.90 Å². The highest BCUT2D eigenvalue weighted by Crippen LogP contribution is 2.20. The van der Waals surface area contributed by atoms with Gasteiger partial charge in [-0.05, 0) is 26.4 Å². The number of hydrogen-bond acceptors (Lipinski definition) is 2. The van der Waals surface area contributed by atoms with E-state index in [4.69, 9.17) is 0 Å². The van der Waals surface area contributed by atoms with Gasteiger partial charge in [-0.15, -0.1) is 0 Å². The maximum atomic E-state index is 12.0. The normalized spacial score (nSPS) is 25.2. The van der Waals surface area contributed by atoms with Gasteiger partial charge in [0.05, 0.1) is 0 Å². The third kappa shape index (κ3) is 2.64. The Morgan fingerprint density at radius 1 is 1.50 bits per heavy atom. The van der Waals surface area contributed by atoms with Crippen LogP contribution in [0.5, 0.6) is 0 Å². The number of nitrogens with one attached hydrogen (secondary N) is 1. The van der Waals surface area contributed by atoms with Crippen molar-refractivity contribution in [2.75, 3.05) is 20.1 Å². The van der Waals surface area contributed by atoms with Crippen molar-refractivity contribution in [1.29, 1.82) is 0 Å². The molecule has 1 rings (SSSR count). The summed E-state index contributed by atoms with van der Waals surface area (Å²) in [5.74, 6) is 0. The van der Waals surface area contributed by atoms with Gasteiger partial charge in [-0.2, -0.15) is 13.2 Å². The average Bonchev–Trinajstić information content (AvgIpc) is 2.37. The molecule has 0 aromatic carbocycles. The molecule has 12 heavy (non-hydrogen) atoms. The molecule has 1 saturated heterocycles. The Balaban J connectivity index is 2.30. The van der Waals surface area contributed by atoms with E-state index in [2.05, 4.69) is 5.32 Å². The van der Waals surface area contributed by atoms with Gasteiger partial charge in [-0.1, -0.05) is 0 Å². The van der Waals surface area contributed by atoms with E-state index in [1.165, 1.54) is 0 Å². The largest absolute Gasteiger partial charge is 0.459 e. The molecule has 0 saturated carbocycles. The van der Waals surface area contributed by atoms with Crippen molar-refractivity contribution in [1.82, 2.24) is 10.2 Å². The molecule has 1 heterocycles. The first-order valence-corrected chi connectivity index (χ1v) is 4.01. The van der Waals surface area contributed by atoms with Crippen LogP contribution in [0.15, 0.2) is 0 Å². The van der Waals surface area contributed by atoms with Crippen LogP contribution in [0.25, 0.3) is 0 Å². The van der Waals surface area contributed by atoms with Gasteiger partial charge in [0.2, 0.25) is 0 Å². The molecule has 1 N–H and O–H groups in total. The fourth-order valence-electron chi connectivity index (χ4n) is 1.35. The lowest BCUT2D eigenvalue weighted by atomic mass is 10.2. The Morgan fingerprint density at radius 3 is 2.58 bits per heavy atom. The molecule has 0 bridgehead atoms. The standard InChI is InChI=1S/C7H13F3N2/c1-12(7(8,9)10)5-6-3-2-4-11-6/h6,11H,2-5H2,1H3. The summed E-state index contributed by atoms with van der Waals surface area (Å²) in [5, 5.41) is 3.02. The first-order valence-electron chi connectivity index (χ1n) is 4.01. The van der Waals surface area contributed by atoms with Crippen LogP contribution < -0.4 is 5.32 Å². The Kier molecular flexibility index (Phi) is 2.95. The van der Waals surface area contributed by atoms with Crippen LogP contribution >= 0.6 is 0 Å². The van der Waals surface area contributed by atoms with Crippen LogP contribution in [0.3, 0.4) is 0 Å². The molecular formula is C7H13F3N2. The van der Waals surface area contributed by atoms with Crippen LogP contribution in [-0.2, 0) is 0 Å². The molecule has 0 amide bonds. The minimum absolute atomic E-state index is 0.0108. The van der Waals surface area contributed by atoms with Crippen molar-refractivity contribution in [3.63, 3.8) is 0 Å². The molecule has 0 spiro atoms. The highest BCUT2D eigenvalue weighted by atomic mass is 19.4. The summed E-state index contributed by atoms with van der Waals surface area (Å²) in [6.45, 7) is 0.903. The molecular weight excluding hydrogens is 169 g/mol. The topological polar surface area (TPSA) is 15.3 Å². The Hall–Kier alpha value is -0.290. The van der Waals surface area contributed by atoms with E-state index in [0.717, 1.165) is 26.4 Å². The Morgan fingerprint density at radius 2 is 2.17 bits per heavy atom. The number of likely N-dealkylation sites (N-methyl/N-ethyl adjacent to an activating group) is 1. The maximum absolute atomic E-state index is 12.0. The van der Waals surface area contributed by atoms with E-state index in [-0.39, 0.29) is 12.6 Å². The molecule has 0 aliphatic carbocycles. The van der Waals surface area contributed by atoms with Crippen LogP contribution in [0, 0.1) is 0 Å². The van der Waals surface area contributed by atoms with Crippen LogP contribution in [0.1, 0.15) is 12.8 Å². The Labute approximate surface area is 69.7 Å². The third-order valence-corrected chi connectivity index (χ3v) is 2.09. The number of hydrogen-bond donors (Lipinski definition) is 1. The zero-order chi connectivity index (χ0) is 9.19. The lowest BCUT2D eigenvalue weighted by Gasteiger charge is -2.23. The lowest BCUT2D eigenvalue weighted by molar-refractivity contribution is -0.237. The first kappa shape index (κ1) is 9.80. The number of rotatable bonds is 2. The van der Waals surface area contributed by atoms with E-state index in [1.807, 2.05) is 0 Å². The number of nitrogens with zero attached hydrogens (tertiary/aromatic N) is 1. The molecule has 1 unspecified atom stereocenters. The fourth-order valence-corrected chi connectivity index (χ4v) is 1.35. The summed E-state index contributed by atoms with van der Waals surface area (Å²) < 4.78 is 36.0. The number of halogens is 3. The smallest absolute Gasteiger partial charge is 0.313 e. The van der Waals surface area contributed by atoms with Gasteiger partial charge in [0.1, 0.15) is 0 Å². The fraction of sp³-hybridized carbons (Fsp3) is 1.00.